The Kier molecular flexibility index (Phi) is 3.71. The molecule has 3 rings (SSSR count). The minimum atomic E-state index is 0.180. The summed E-state index contributed by atoms with van der Waals surface area (Å²) in [6.07, 6.45) is 9.24. The summed E-state index contributed by atoms with van der Waals surface area (Å²) in [7, 11) is 0. The molecule has 0 saturated carbocycles. The van der Waals surface area contributed by atoms with Crippen molar-refractivity contribution in [1.29, 1.82) is 0 Å². The SMILES string of the molecule is O=C(CCn1cncn1)N1CCC[C@H]1c1ccncc1. The number of hydrogen-bond donors (Lipinski definition) is 0. The number of carbonyl (C=O) groups excluding carboxylic acids is 1. The molecule has 2 aromatic heterocycles. The molecule has 2 aromatic rings. The lowest BCUT2D eigenvalue weighted by molar-refractivity contribution is -0.132. The molecule has 0 unspecified atom stereocenters. The average Bonchev–Trinajstić information content (AvgIpc) is 3.17. The summed E-state index contributed by atoms with van der Waals surface area (Å²) >= 11 is 0. The van der Waals surface area contributed by atoms with E-state index in [1.54, 1.807) is 23.4 Å². The number of amides is 1. The summed E-state index contributed by atoms with van der Waals surface area (Å²) in [5, 5.41) is 4.02. The van der Waals surface area contributed by atoms with Gasteiger partial charge in [0.2, 0.25) is 5.91 Å². The summed E-state index contributed by atoms with van der Waals surface area (Å²) in [6.45, 7) is 1.42. The molecular weight excluding hydrogens is 254 g/mol. The Balaban J connectivity index is 1.64. The lowest BCUT2D eigenvalue weighted by atomic mass is 10.1. The second-order valence-electron chi connectivity index (χ2n) is 4.93. The number of aryl methyl sites for hydroxylation is 1. The van der Waals surface area contributed by atoms with Crippen molar-refractivity contribution in [3.8, 4) is 0 Å². The van der Waals surface area contributed by atoms with E-state index in [1.807, 2.05) is 17.0 Å². The second kappa shape index (κ2) is 5.81. The van der Waals surface area contributed by atoms with Gasteiger partial charge in [0.15, 0.2) is 0 Å². The molecule has 0 aliphatic carbocycles. The van der Waals surface area contributed by atoms with Crippen molar-refractivity contribution in [3.05, 3.63) is 42.7 Å². The maximum atomic E-state index is 12.4. The van der Waals surface area contributed by atoms with Gasteiger partial charge in [0.25, 0.3) is 0 Å². The number of likely N-dealkylation sites (tertiary alicyclic amines) is 1. The fraction of sp³-hybridized carbons (Fsp3) is 0.429. The summed E-state index contributed by atoms with van der Waals surface area (Å²) in [6, 6.07) is 4.18. The third kappa shape index (κ3) is 2.68. The predicted molar refractivity (Wildman–Crippen MR) is 72.6 cm³/mol. The van der Waals surface area contributed by atoms with Crippen LogP contribution in [-0.4, -0.2) is 37.1 Å². The molecule has 0 spiro atoms. The van der Waals surface area contributed by atoms with Crippen molar-refractivity contribution in [1.82, 2.24) is 24.6 Å². The highest BCUT2D eigenvalue weighted by atomic mass is 16.2. The Bertz CT molecular complexity index is 554. The van der Waals surface area contributed by atoms with E-state index in [2.05, 4.69) is 15.1 Å². The minimum Gasteiger partial charge on any atom is -0.336 e. The van der Waals surface area contributed by atoms with Crippen molar-refractivity contribution in [2.75, 3.05) is 6.54 Å². The highest BCUT2D eigenvalue weighted by molar-refractivity contribution is 5.77. The smallest absolute Gasteiger partial charge is 0.224 e. The van der Waals surface area contributed by atoms with E-state index in [0.29, 0.717) is 13.0 Å². The first-order chi connectivity index (χ1) is 9.84. The maximum Gasteiger partial charge on any atom is 0.224 e. The summed E-state index contributed by atoms with van der Waals surface area (Å²) in [4.78, 5) is 22.3. The van der Waals surface area contributed by atoms with E-state index in [4.69, 9.17) is 0 Å². The van der Waals surface area contributed by atoms with Crippen LogP contribution in [0, 0.1) is 0 Å². The molecule has 0 bridgehead atoms. The first-order valence-corrected chi connectivity index (χ1v) is 6.86. The van der Waals surface area contributed by atoms with Crippen LogP contribution in [0.15, 0.2) is 37.2 Å². The van der Waals surface area contributed by atoms with Gasteiger partial charge >= 0.3 is 0 Å². The molecule has 0 N–H and O–H groups in total. The van der Waals surface area contributed by atoms with Gasteiger partial charge in [-0.2, -0.15) is 5.10 Å². The molecule has 0 aromatic carbocycles. The number of nitrogens with zero attached hydrogens (tertiary/aromatic N) is 5. The van der Waals surface area contributed by atoms with Crippen LogP contribution in [0.1, 0.15) is 30.9 Å². The van der Waals surface area contributed by atoms with E-state index in [9.17, 15) is 4.79 Å². The third-order valence-corrected chi connectivity index (χ3v) is 3.69. The normalized spacial score (nSPS) is 18.4. The van der Waals surface area contributed by atoms with E-state index in [0.717, 1.165) is 19.4 Å². The van der Waals surface area contributed by atoms with E-state index < -0.39 is 0 Å². The monoisotopic (exact) mass is 271 g/mol. The van der Waals surface area contributed by atoms with Crippen LogP contribution in [0.5, 0.6) is 0 Å². The van der Waals surface area contributed by atoms with Crippen LogP contribution >= 0.6 is 0 Å². The molecule has 3 heterocycles. The number of pyridine rings is 1. The Morgan fingerprint density at radius 3 is 2.90 bits per heavy atom. The topological polar surface area (TPSA) is 63.9 Å². The molecule has 20 heavy (non-hydrogen) atoms. The average molecular weight is 271 g/mol. The van der Waals surface area contributed by atoms with Crippen LogP contribution in [0.25, 0.3) is 0 Å². The number of carbonyl (C=O) groups is 1. The molecule has 6 nitrogen and oxygen atoms in total. The van der Waals surface area contributed by atoms with Gasteiger partial charge in [0.1, 0.15) is 12.7 Å². The van der Waals surface area contributed by atoms with Gasteiger partial charge in [-0.1, -0.05) is 0 Å². The zero-order valence-corrected chi connectivity index (χ0v) is 11.2. The van der Waals surface area contributed by atoms with Crippen molar-refractivity contribution >= 4 is 5.91 Å². The van der Waals surface area contributed by atoms with Crippen LogP contribution < -0.4 is 0 Å². The number of rotatable bonds is 4. The molecule has 1 saturated heterocycles. The van der Waals surface area contributed by atoms with Crippen molar-refractivity contribution < 1.29 is 4.79 Å². The van der Waals surface area contributed by atoms with Crippen molar-refractivity contribution in [2.24, 2.45) is 0 Å². The molecular formula is C14H17N5O. The molecule has 104 valence electrons. The van der Waals surface area contributed by atoms with Crippen LogP contribution in [-0.2, 0) is 11.3 Å². The Morgan fingerprint density at radius 2 is 2.15 bits per heavy atom. The van der Waals surface area contributed by atoms with Gasteiger partial charge in [0, 0.05) is 25.4 Å². The fourth-order valence-electron chi connectivity index (χ4n) is 2.70. The molecule has 1 aliphatic rings. The molecule has 0 radical (unpaired) electrons. The van der Waals surface area contributed by atoms with Gasteiger partial charge in [-0.3, -0.25) is 14.5 Å². The quantitative estimate of drug-likeness (QED) is 0.843. The van der Waals surface area contributed by atoms with Gasteiger partial charge in [-0.05, 0) is 30.5 Å². The first-order valence-electron chi connectivity index (χ1n) is 6.86. The molecule has 6 heteroatoms. The Labute approximate surface area is 117 Å². The number of hydrogen-bond acceptors (Lipinski definition) is 4. The highest BCUT2D eigenvalue weighted by Gasteiger charge is 2.29. The lowest BCUT2D eigenvalue weighted by Gasteiger charge is -2.25. The molecule has 1 fully saturated rings. The highest BCUT2D eigenvalue weighted by Crippen LogP contribution is 2.31. The van der Waals surface area contributed by atoms with Crippen molar-refractivity contribution in [2.45, 2.75) is 31.8 Å². The molecule has 1 amide bonds. The predicted octanol–water partition coefficient (Wildman–Crippen LogP) is 1.43. The summed E-state index contributed by atoms with van der Waals surface area (Å²) in [5.74, 6) is 0.180. The summed E-state index contributed by atoms with van der Waals surface area (Å²) < 4.78 is 1.69. The molecule has 1 aliphatic heterocycles. The largest absolute Gasteiger partial charge is 0.336 e. The number of aromatic nitrogens is 4. The van der Waals surface area contributed by atoms with Gasteiger partial charge in [0.05, 0.1) is 12.6 Å². The molecule has 1 atom stereocenters. The second-order valence-corrected chi connectivity index (χ2v) is 4.93. The van der Waals surface area contributed by atoms with E-state index in [1.165, 1.54) is 11.9 Å². The van der Waals surface area contributed by atoms with Gasteiger partial charge in [-0.25, -0.2) is 4.98 Å². The Morgan fingerprint density at radius 1 is 1.30 bits per heavy atom. The zero-order valence-electron chi connectivity index (χ0n) is 11.2. The van der Waals surface area contributed by atoms with Gasteiger partial charge < -0.3 is 4.90 Å². The third-order valence-electron chi connectivity index (χ3n) is 3.69. The maximum absolute atomic E-state index is 12.4. The van der Waals surface area contributed by atoms with Crippen molar-refractivity contribution in [3.63, 3.8) is 0 Å². The minimum absolute atomic E-state index is 0.180. The van der Waals surface area contributed by atoms with E-state index >= 15 is 0 Å². The van der Waals surface area contributed by atoms with Gasteiger partial charge in [-0.15, -0.1) is 0 Å². The van der Waals surface area contributed by atoms with E-state index in [-0.39, 0.29) is 11.9 Å². The van der Waals surface area contributed by atoms with Crippen LogP contribution in [0.4, 0.5) is 0 Å². The fourth-order valence-corrected chi connectivity index (χ4v) is 2.70. The first kappa shape index (κ1) is 12.8. The van der Waals surface area contributed by atoms with Crippen LogP contribution in [0.3, 0.4) is 0 Å². The Hall–Kier alpha value is -2.24. The zero-order chi connectivity index (χ0) is 13.8. The summed E-state index contributed by atoms with van der Waals surface area (Å²) in [5.41, 5.74) is 1.17. The lowest BCUT2D eigenvalue weighted by Crippen LogP contribution is -2.31. The standard InChI is InChI=1S/C14H17N5O/c20-14(5-9-18-11-16-10-17-18)19-8-1-2-13(19)12-3-6-15-7-4-12/h3-4,6-7,10-11,13H,1-2,5,8-9H2/t13-/m0/s1. The van der Waals surface area contributed by atoms with Crippen LogP contribution in [0.2, 0.25) is 0 Å².